The molecule has 0 unspecified atom stereocenters. The topological polar surface area (TPSA) is 81.9 Å². The van der Waals surface area contributed by atoms with Gasteiger partial charge < -0.3 is 15.4 Å². The number of pyridine rings is 1. The average Bonchev–Trinajstić information content (AvgIpc) is 3.03. The minimum absolute atomic E-state index is 0.494. The summed E-state index contributed by atoms with van der Waals surface area (Å²) in [4.78, 5) is 4.40. The van der Waals surface area contributed by atoms with Crippen molar-refractivity contribution in [1.82, 2.24) is 19.3 Å². The summed E-state index contributed by atoms with van der Waals surface area (Å²) in [6.45, 7) is 6.20. The van der Waals surface area contributed by atoms with Gasteiger partial charge in [-0.1, -0.05) is 5.92 Å². The summed E-state index contributed by atoms with van der Waals surface area (Å²) in [6.07, 6.45) is 5.78. The van der Waals surface area contributed by atoms with Crippen LogP contribution in [0.1, 0.15) is 26.5 Å². The number of anilines is 1. The van der Waals surface area contributed by atoms with E-state index >= 15 is 0 Å². The van der Waals surface area contributed by atoms with E-state index in [0.29, 0.717) is 11.5 Å². The minimum atomic E-state index is -1.05. The lowest BCUT2D eigenvalue weighted by Crippen LogP contribution is -2.14. The molecule has 6 heteroatoms. The molecule has 0 fully saturated rings. The number of nitrogens with zero attached hydrogens (tertiary/aromatic N) is 4. The molecular weight excluding hydrogens is 302 g/mol. The summed E-state index contributed by atoms with van der Waals surface area (Å²) in [6, 6.07) is 1.93. The van der Waals surface area contributed by atoms with E-state index in [1.807, 2.05) is 25.5 Å². The third-order valence-electron chi connectivity index (χ3n) is 3.75. The molecule has 0 aliphatic rings. The lowest BCUT2D eigenvalue weighted by Gasteiger charge is -2.06. The van der Waals surface area contributed by atoms with E-state index in [0.717, 1.165) is 28.6 Å². The molecule has 0 spiro atoms. The number of nitrogen functional groups attached to an aromatic ring is 1. The quantitative estimate of drug-likeness (QED) is 0.708. The van der Waals surface area contributed by atoms with Crippen molar-refractivity contribution in [3.05, 3.63) is 30.4 Å². The van der Waals surface area contributed by atoms with Gasteiger partial charge in [0.1, 0.15) is 11.3 Å². The Morgan fingerprint density at radius 3 is 2.62 bits per heavy atom. The van der Waals surface area contributed by atoms with Gasteiger partial charge in [0.05, 0.1) is 11.7 Å². The summed E-state index contributed by atoms with van der Waals surface area (Å²) >= 11 is 0. The number of fused-ring (bicyclic) bond motifs is 1. The second kappa shape index (κ2) is 5.69. The molecule has 124 valence electrons. The molecular formula is C18H21N5O. The SMILES string of the molecule is CCn1cc(-c2cn(C)nc2N)c2cc(C#CC(C)(C)O)ncc21. The van der Waals surface area contributed by atoms with Crippen LogP contribution in [0, 0.1) is 11.8 Å². The normalized spacial score (nSPS) is 11.5. The highest BCUT2D eigenvalue weighted by molar-refractivity contribution is 5.98. The van der Waals surface area contributed by atoms with Crippen molar-refractivity contribution in [3.8, 4) is 23.0 Å². The van der Waals surface area contributed by atoms with Gasteiger partial charge in [0.15, 0.2) is 5.82 Å². The van der Waals surface area contributed by atoms with E-state index in [2.05, 4.69) is 39.6 Å². The van der Waals surface area contributed by atoms with E-state index in [-0.39, 0.29) is 0 Å². The van der Waals surface area contributed by atoms with Crippen LogP contribution in [-0.4, -0.2) is 30.0 Å². The highest BCUT2D eigenvalue weighted by atomic mass is 16.3. The van der Waals surface area contributed by atoms with Gasteiger partial charge in [-0.05, 0) is 32.8 Å². The average molecular weight is 323 g/mol. The molecule has 0 aliphatic heterocycles. The Morgan fingerprint density at radius 2 is 2.04 bits per heavy atom. The molecule has 3 heterocycles. The first-order valence-electron chi connectivity index (χ1n) is 7.82. The van der Waals surface area contributed by atoms with Crippen molar-refractivity contribution in [2.75, 3.05) is 5.73 Å². The summed E-state index contributed by atoms with van der Waals surface area (Å²) < 4.78 is 3.83. The highest BCUT2D eigenvalue weighted by Gasteiger charge is 2.15. The van der Waals surface area contributed by atoms with Crippen molar-refractivity contribution >= 4 is 16.7 Å². The Morgan fingerprint density at radius 1 is 1.29 bits per heavy atom. The molecule has 3 rings (SSSR count). The van der Waals surface area contributed by atoms with E-state index < -0.39 is 5.60 Å². The zero-order chi connectivity index (χ0) is 17.5. The summed E-state index contributed by atoms with van der Waals surface area (Å²) in [7, 11) is 1.85. The molecule has 0 saturated carbocycles. The second-order valence-electron chi connectivity index (χ2n) is 6.33. The molecule has 24 heavy (non-hydrogen) atoms. The van der Waals surface area contributed by atoms with Crippen LogP contribution >= 0.6 is 0 Å². The summed E-state index contributed by atoms with van der Waals surface area (Å²) in [5.41, 5.74) is 8.53. The second-order valence-corrected chi connectivity index (χ2v) is 6.33. The smallest absolute Gasteiger partial charge is 0.153 e. The van der Waals surface area contributed by atoms with Crippen LogP contribution in [0.25, 0.3) is 22.0 Å². The maximum Gasteiger partial charge on any atom is 0.153 e. The van der Waals surface area contributed by atoms with Gasteiger partial charge in [-0.2, -0.15) is 5.10 Å². The number of nitrogens with two attached hydrogens (primary N) is 1. The molecule has 0 amide bonds. The van der Waals surface area contributed by atoms with Gasteiger partial charge in [-0.3, -0.25) is 4.68 Å². The zero-order valence-electron chi connectivity index (χ0n) is 14.3. The Balaban J connectivity index is 2.21. The first-order chi connectivity index (χ1) is 11.3. The van der Waals surface area contributed by atoms with Crippen LogP contribution < -0.4 is 5.73 Å². The molecule has 3 aromatic heterocycles. The zero-order valence-corrected chi connectivity index (χ0v) is 14.3. The Labute approximate surface area is 140 Å². The minimum Gasteiger partial charge on any atom is -0.382 e. The van der Waals surface area contributed by atoms with Crippen LogP contribution in [0.5, 0.6) is 0 Å². The van der Waals surface area contributed by atoms with Crippen LogP contribution in [0.4, 0.5) is 5.82 Å². The molecule has 0 atom stereocenters. The molecule has 0 aromatic carbocycles. The summed E-state index contributed by atoms with van der Waals surface area (Å²) in [5.74, 6) is 6.22. The van der Waals surface area contributed by atoms with Crippen LogP contribution in [0.15, 0.2) is 24.7 Å². The third-order valence-corrected chi connectivity index (χ3v) is 3.75. The molecule has 0 aliphatic carbocycles. The standard InChI is InChI=1S/C18H21N5O/c1-5-23-11-14(15-10-22(4)21-17(15)19)13-8-12(20-9-16(13)23)6-7-18(2,3)24/h8-11,24H,5H2,1-4H3,(H2,19,21). The molecule has 3 N–H and O–H groups in total. The predicted molar refractivity (Wildman–Crippen MR) is 95.2 cm³/mol. The molecule has 0 saturated heterocycles. The van der Waals surface area contributed by atoms with Gasteiger partial charge >= 0.3 is 0 Å². The van der Waals surface area contributed by atoms with Gasteiger partial charge in [0.25, 0.3) is 0 Å². The fourth-order valence-corrected chi connectivity index (χ4v) is 2.66. The van der Waals surface area contributed by atoms with Gasteiger partial charge in [0.2, 0.25) is 0 Å². The molecule has 0 radical (unpaired) electrons. The van der Waals surface area contributed by atoms with Crippen molar-refractivity contribution in [2.45, 2.75) is 32.9 Å². The fraction of sp³-hybridized carbons (Fsp3) is 0.333. The number of aromatic nitrogens is 4. The van der Waals surface area contributed by atoms with Crippen molar-refractivity contribution in [1.29, 1.82) is 0 Å². The van der Waals surface area contributed by atoms with E-state index in [1.165, 1.54) is 0 Å². The first-order valence-corrected chi connectivity index (χ1v) is 7.82. The number of hydrogen-bond acceptors (Lipinski definition) is 4. The first kappa shape index (κ1) is 16.1. The fourth-order valence-electron chi connectivity index (χ4n) is 2.66. The van der Waals surface area contributed by atoms with E-state index in [9.17, 15) is 5.11 Å². The molecule has 3 aromatic rings. The Hall–Kier alpha value is -2.78. The maximum atomic E-state index is 9.77. The van der Waals surface area contributed by atoms with Crippen molar-refractivity contribution in [2.24, 2.45) is 7.05 Å². The van der Waals surface area contributed by atoms with E-state index in [1.54, 1.807) is 18.5 Å². The Bertz CT molecular complexity index is 963. The van der Waals surface area contributed by atoms with Gasteiger partial charge in [-0.15, -0.1) is 0 Å². The number of aliphatic hydroxyl groups is 1. The van der Waals surface area contributed by atoms with Crippen molar-refractivity contribution in [3.63, 3.8) is 0 Å². The van der Waals surface area contributed by atoms with Crippen molar-refractivity contribution < 1.29 is 5.11 Å². The number of rotatable bonds is 2. The molecule has 6 nitrogen and oxygen atoms in total. The maximum absolute atomic E-state index is 9.77. The summed E-state index contributed by atoms with van der Waals surface area (Å²) in [5, 5.41) is 15.0. The van der Waals surface area contributed by atoms with E-state index in [4.69, 9.17) is 5.73 Å². The van der Waals surface area contributed by atoms with Crippen LogP contribution in [-0.2, 0) is 13.6 Å². The lowest BCUT2D eigenvalue weighted by molar-refractivity contribution is 0.143. The third kappa shape index (κ3) is 2.99. The predicted octanol–water partition coefficient (Wildman–Crippen LogP) is 2.16. The molecule has 0 bridgehead atoms. The monoisotopic (exact) mass is 323 g/mol. The van der Waals surface area contributed by atoms with Crippen LogP contribution in [0.3, 0.4) is 0 Å². The highest BCUT2D eigenvalue weighted by Crippen LogP contribution is 2.33. The number of aryl methyl sites for hydroxylation is 2. The number of hydrogen-bond donors (Lipinski definition) is 2. The largest absolute Gasteiger partial charge is 0.382 e. The lowest BCUT2D eigenvalue weighted by atomic mass is 10.1. The Kier molecular flexibility index (Phi) is 3.82. The van der Waals surface area contributed by atoms with Gasteiger partial charge in [-0.25, -0.2) is 4.98 Å². The van der Waals surface area contributed by atoms with Gasteiger partial charge in [0, 0.05) is 42.5 Å². The van der Waals surface area contributed by atoms with Crippen LogP contribution in [0.2, 0.25) is 0 Å².